The molecule has 0 spiro atoms. The molecule has 2 aliphatic rings. The maximum absolute atomic E-state index is 13.4. The van der Waals surface area contributed by atoms with Crippen LogP contribution in [0.2, 0.25) is 0 Å². The Morgan fingerprint density at radius 2 is 1.76 bits per heavy atom. The topological polar surface area (TPSA) is 35.2 Å². The molecule has 2 nitrogen and oxygen atoms in total. The first-order chi connectivity index (χ1) is 10.2. The second-order valence-corrected chi connectivity index (χ2v) is 6.03. The fraction of sp³-hybridized carbons (Fsp3) is 0.333. The molecule has 1 aliphatic carbocycles. The first-order valence-electron chi connectivity index (χ1n) is 7.53. The summed E-state index contributed by atoms with van der Waals surface area (Å²) in [5, 5.41) is 0. The zero-order valence-corrected chi connectivity index (χ0v) is 11.8. The average Bonchev–Trinajstić information content (AvgIpc) is 3.32. The van der Waals surface area contributed by atoms with E-state index in [0.717, 1.165) is 5.56 Å². The first kappa shape index (κ1) is 12.8. The van der Waals surface area contributed by atoms with Crippen LogP contribution in [0.25, 0.3) is 0 Å². The molecule has 2 aromatic carbocycles. The van der Waals surface area contributed by atoms with E-state index in [1.165, 1.54) is 36.1 Å². The summed E-state index contributed by atoms with van der Waals surface area (Å²) < 4.78 is 19.5. The van der Waals surface area contributed by atoms with E-state index < -0.39 is 0 Å². The van der Waals surface area contributed by atoms with E-state index in [1.54, 1.807) is 6.07 Å². The first-order valence-corrected chi connectivity index (χ1v) is 7.53. The molecule has 2 N–H and O–H groups in total. The van der Waals surface area contributed by atoms with Crippen molar-refractivity contribution in [3.05, 3.63) is 65.0 Å². The molecule has 108 valence electrons. The number of halogens is 1. The summed E-state index contributed by atoms with van der Waals surface area (Å²) in [6.45, 7) is 0. The largest absolute Gasteiger partial charge is 0.485 e. The maximum Gasteiger partial charge on any atom is 0.126 e. The molecule has 2 atom stereocenters. The number of rotatable bonds is 2. The molecule has 0 bridgehead atoms. The van der Waals surface area contributed by atoms with Crippen molar-refractivity contribution in [3.8, 4) is 5.75 Å². The van der Waals surface area contributed by atoms with Crippen molar-refractivity contribution in [1.29, 1.82) is 0 Å². The van der Waals surface area contributed by atoms with E-state index in [-0.39, 0.29) is 18.0 Å². The summed E-state index contributed by atoms with van der Waals surface area (Å²) in [4.78, 5) is 0. The van der Waals surface area contributed by atoms with E-state index in [9.17, 15) is 4.39 Å². The molecule has 1 aliphatic heterocycles. The fourth-order valence-corrected chi connectivity index (χ4v) is 3.24. The van der Waals surface area contributed by atoms with Gasteiger partial charge in [0.05, 0.1) is 0 Å². The minimum absolute atomic E-state index is 0.0326. The summed E-state index contributed by atoms with van der Waals surface area (Å²) in [5.41, 5.74) is 9.64. The van der Waals surface area contributed by atoms with Crippen molar-refractivity contribution in [2.24, 2.45) is 5.73 Å². The van der Waals surface area contributed by atoms with Gasteiger partial charge in [0.15, 0.2) is 0 Å². The van der Waals surface area contributed by atoms with Gasteiger partial charge in [0.2, 0.25) is 0 Å². The molecule has 0 aromatic heterocycles. The van der Waals surface area contributed by atoms with E-state index in [4.69, 9.17) is 10.5 Å². The minimum atomic E-state index is -0.260. The second kappa shape index (κ2) is 4.85. The highest BCUT2D eigenvalue weighted by atomic mass is 19.1. The van der Waals surface area contributed by atoms with Gasteiger partial charge in [-0.1, -0.05) is 24.3 Å². The predicted octanol–water partition coefficient (Wildman–Crippen LogP) is 4.23. The molecule has 0 saturated heterocycles. The fourth-order valence-electron chi connectivity index (χ4n) is 3.24. The Kier molecular flexibility index (Phi) is 2.96. The zero-order chi connectivity index (χ0) is 14.4. The third kappa shape index (κ3) is 2.32. The Hall–Kier alpha value is -1.87. The molecular weight excluding hydrogens is 265 g/mol. The second-order valence-electron chi connectivity index (χ2n) is 6.03. The Balaban J connectivity index is 1.71. The Bertz CT molecular complexity index is 681. The summed E-state index contributed by atoms with van der Waals surface area (Å²) in [6, 6.07) is 12.9. The van der Waals surface area contributed by atoms with Crippen LogP contribution in [0.5, 0.6) is 5.75 Å². The quantitative estimate of drug-likeness (QED) is 0.895. The van der Waals surface area contributed by atoms with Crippen LogP contribution in [0.3, 0.4) is 0 Å². The van der Waals surface area contributed by atoms with Crippen LogP contribution >= 0.6 is 0 Å². The normalized spacial score (nSPS) is 24.3. The standard InChI is InChI=1S/C18H18FNO/c19-12-7-8-17-15(9-12)16(20)10-18(21-17)14-4-2-1-3-13(14)11-5-6-11/h1-4,7-9,11,16,18H,5-6,10,20H2. The predicted molar refractivity (Wildman–Crippen MR) is 79.7 cm³/mol. The summed E-state index contributed by atoms with van der Waals surface area (Å²) in [6.07, 6.45) is 3.18. The monoisotopic (exact) mass is 283 g/mol. The van der Waals surface area contributed by atoms with Crippen LogP contribution in [0, 0.1) is 5.82 Å². The third-order valence-electron chi connectivity index (χ3n) is 4.47. The SMILES string of the molecule is NC1CC(c2ccccc2C2CC2)Oc2ccc(F)cc21. The highest BCUT2D eigenvalue weighted by molar-refractivity contribution is 5.42. The van der Waals surface area contributed by atoms with Gasteiger partial charge in [-0.2, -0.15) is 0 Å². The van der Waals surface area contributed by atoms with Gasteiger partial charge in [-0.05, 0) is 48.1 Å². The number of hydrogen-bond donors (Lipinski definition) is 1. The van der Waals surface area contributed by atoms with Crippen molar-refractivity contribution < 1.29 is 9.13 Å². The summed E-state index contributed by atoms with van der Waals surface area (Å²) >= 11 is 0. The molecule has 3 heteroatoms. The lowest BCUT2D eigenvalue weighted by Gasteiger charge is -2.31. The van der Waals surface area contributed by atoms with E-state index in [1.807, 2.05) is 0 Å². The molecule has 0 radical (unpaired) electrons. The third-order valence-corrected chi connectivity index (χ3v) is 4.47. The van der Waals surface area contributed by atoms with Crippen molar-refractivity contribution >= 4 is 0 Å². The van der Waals surface area contributed by atoms with E-state index >= 15 is 0 Å². The number of benzene rings is 2. The lowest BCUT2D eigenvalue weighted by molar-refractivity contribution is 0.160. The average molecular weight is 283 g/mol. The summed E-state index contributed by atoms with van der Waals surface area (Å²) in [7, 11) is 0. The van der Waals surface area contributed by atoms with Gasteiger partial charge in [0.25, 0.3) is 0 Å². The highest BCUT2D eigenvalue weighted by Crippen LogP contribution is 2.46. The minimum Gasteiger partial charge on any atom is -0.485 e. The van der Waals surface area contributed by atoms with Crippen LogP contribution in [-0.4, -0.2) is 0 Å². The number of hydrogen-bond acceptors (Lipinski definition) is 2. The van der Waals surface area contributed by atoms with Crippen molar-refractivity contribution in [3.63, 3.8) is 0 Å². The molecule has 4 rings (SSSR count). The number of ether oxygens (including phenoxy) is 1. The lowest BCUT2D eigenvalue weighted by Crippen LogP contribution is -2.25. The van der Waals surface area contributed by atoms with Gasteiger partial charge in [-0.15, -0.1) is 0 Å². The smallest absolute Gasteiger partial charge is 0.126 e. The van der Waals surface area contributed by atoms with Gasteiger partial charge >= 0.3 is 0 Å². The van der Waals surface area contributed by atoms with Crippen LogP contribution < -0.4 is 10.5 Å². The molecule has 2 unspecified atom stereocenters. The molecule has 0 amide bonds. The van der Waals surface area contributed by atoms with Gasteiger partial charge in [0, 0.05) is 18.0 Å². The molecule has 1 saturated carbocycles. The molecule has 1 fully saturated rings. The molecule has 1 heterocycles. The number of fused-ring (bicyclic) bond motifs is 1. The van der Waals surface area contributed by atoms with E-state index in [0.29, 0.717) is 18.1 Å². The van der Waals surface area contributed by atoms with Crippen LogP contribution in [0.15, 0.2) is 42.5 Å². The van der Waals surface area contributed by atoms with Gasteiger partial charge in [-0.3, -0.25) is 0 Å². The highest BCUT2D eigenvalue weighted by Gasteiger charge is 2.32. The van der Waals surface area contributed by atoms with Crippen LogP contribution in [-0.2, 0) is 0 Å². The van der Waals surface area contributed by atoms with Crippen molar-refractivity contribution in [2.45, 2.75) is 37.3 Å². The number of nitrogens with two attached hydrogens (primary N) is 1. The van der Waals surface area contributed by atoms with E-state index in [2.05, 4.69) is 24.3 Å². The van der Waals surface area contributed by atoms with Crippen LogP contribution in [0.1, 0.15) is 54.0 Å². The van der Waals surface area contributed by atoms with Gasteiger partial charge in [0.1, 0.15) is 17.7 Å². The van der Waals surface area contributed by atoms with Gasteiger partial charge in [-0.25, -0.2) is 4.39 Å². The lowest BCUT2D eigenvalue weighted by atomic mass is 9.90. The summed E-state index contributed by atoms with van der Waals surface area (Å²) in [5.74, 6) is 1.13. The Morgan fingerprint density at radius 1 is 1.00 bits per heavy atom. The molecular formula is C18H18FNO. The van der Waals surface area contributed by atoms with Crippen molar-refractivity contribution in [2.75, 3.05) is 0 Å². The maximum atomic E-state index is 13.4. The van der Waals surface area contributed by atoms with Crippen LogP contribution in [0.4, 0.5) is 4.39 Å². The van der Waals surface area contributed by atoms with Crippen molar-refractivity contribution in [1.82, 2.24) is 0 Å². The zero-order valence-electron chi connectivity index (χ0n) is 11.8. The van der Waals surface area contributed by atoms with Gasteiger partial charge < -0.3 is 10.5 Å². The Morgan fingerprint density at radius 3 is 2.52 bits per heavy atom. The molecule has 2 aromatic rings. The molecule has 21 heavy (non-hydrogen) atoms. The Labute approximate surface area is 123 Å².